The van der Waals surface area contributed by atoms with Gasteiger partial charge >= 0.3 is 5.97 Å². The highest BCUT2D eigenvalue weighted by atomic mass is 32.1. The lowest BCUT2D eigenvalue weighted by Gasteiger charge is -2.17. The van der Waals surface area contributed by atoms with Crippen molar-refractivity contribution in [3.63, 3.8) is 0 Å². The minimum Gasteiger partial charge on any atom is -0.455 e. The lowest BCUT2D eigenvalue weighted by atomic mass is 9.89. The molecule has 0 fully saturated rings. The molecule has 6 heteroatoms. The van der Waals surface area contributed by atoms with Crippen LogP contribution >= 0.6 is 11.3 Å². The smallest absolute Gasteiger partial charge is 0.303 e. The van der Waals surface area contributed by atoms with E-state index in [-0.39, 0.29) is 11.5 Å². The van der Waals surface area contributed by atoms with Gasteiger partial charge in [0.25, 0.3) is 5.56 Å². The second-order valence-electron chi connectivity index (χ2n) is 5.73. The molecule has 3 rings (SSSR count). The predicted octanol–water partition coefficient (Wildman–Crippen LogP) is 2.73. The number of nitrogens with zero attached hydrogens (tertiary/aromatic N) is 1. The van der Waals surface area contributed by atoms with Gasteiger partial charge in [-0.15, -0.1) is 11.3 Å². The van der Waals surface area contributed by atoms with Crippen molar-refractivity contribution >= 4 is 27.5 Å². The molecule has 2 heterocycles. The maximum absolute atomic E-state index is 12.4. The standard InChI is InChI=1S/C15H18N2O3S/c1-7-4-5-10-11(6-7)21-15-12(10)14(19)16-13(17-15)8(2)20-9(3)18/h7-8H,4-6H2,1-3H3,(H,16,17,19). The highest BCUT2D eigenvalue weighted by molar-refractivity contribution is 7.18. The summed E-state index contributed by atoms with van der Waals surface area (Å²) in [5.41, 5.74) is 1.04. The van der Waals surface area contributed by atoms with Gasteiger partial charge in [-0.3, -0.25) is 9.59 Å². The summed E-state index contributed by atoms with van der Waals surface area (Å²) >= 11 is 1.60. The number of thiophene rings is 1. The number of carbonyl (C=O) groups excluding carboxylic acids is 1. The van der Waals surface area contributed by atoms with E-state index in [0.717, 1.165) is 35.0 Å². The lowest BCUT2D eigenvalue weighted by molar-refractivity contribution is -0.146. The molecule has 0 amide bonds. The van der Waals surface area contributed by atoms with Crippen LogP contribution < -0.4 is 5.56 Å². The van der Waals surface area contributed by atoms with Gasteiger partial charge in [0.2, 0.25) is 0 Å². The zero-order chi connectivity index (χ0) is 15.1. The summed E-state index contributed by atoms with van der Waals surface area (Å²) in [7, 11) is 0. The zero-order valence-electron chi connectivity index (χ0n) is 12.4. The van der Waals surface area contributed by atoms with Crippen LogP contribution in [0, 0.1) is 5.92 Å². The van der Waals surface area contributed by atoms with Crippen LogP contribution in [0.5, 0.6) is 0 Å². The number of aromatic nitrogens is 2. The third-order valence-electron chi connectivity index (χ3n) is 3.91. The molecule has 112 valence electrons. The lowest BCUT2D eigenvalue weighted by Crippen LogP contribution is -2.17. The van der Waals surface area contributed by atoms with Crippen LogP contribution in [-0.4, -0.2) is 15.9 Å². The van der Waals surface area contributed by atoms with Gasteiger partial charge in [0, 0.05) is 11.8 Å². The highest BCUT2D eigenvalue weighted by Gasteiger charge is 2.24. The van der Waals surface area contributed by atoms with Gasteiger partial charge < -0.3 is 9.72 Å². The number of hydrogen-bond donors (Lipinski definition) is 1. The first-order valence-electron chi connectivity index (χ1n) is 7.17. The van der Waals surface area contributed by atoms with E-state index in [1.165, 1.54) is 11.8 Å². The van der Waals surface area contributed by atoms with Crippen LogP contribution in [0.25, 0.3) is 10.2 Å². The Labute approximate surface area is 126 Å². The van der Waals surface area contributed by atoms with Crippen LogP contribution in [0.3, 0.4) is 0 Å². The van der Waals surface area contributed by atoms with Gasteiger partial charge in [-0.1, -0.05) is 6.92 Å². The zero-order valence-corrected chi connectivity index (χ0v) is 13.2. The fourth-order valence-electron chi connectivity index (χ4n) is 2.86. The summed E-state index contributed by atoms with van der Waals surface area (Å²) in [4.78, 5) is 32.7. The minimum atomic E-state index is -0.544. The Bertz CT molecular complexity index is 762. The van der Waals surface area contributed by atoms with Crippen molar-refractivity contribution in [2.24, 2.45) is 5.92 Å². The number of carbonyl (C=O) groups is 1. The third-order valence-corrected chi connectivity index (χ3v) is 5.06. The Morgan fingerprint density at radius 3 is 3.00 bits per heavy atom. The van der Waals surface area contributed by atoms with Crippen molar-refractivity contribution in [2.75, 3.05) is 0 Å². The van der Waals surface area contributed by atoms with E-state index in [1.807, 2.05) is 0 Å². The molecule has 0 bridgehead atoms. The summed E-state index contributed by atoms with van der Waals surface area (Å²) in [6, 6.07) is 0. The van der Waals surface area contributed by atoms with Crippen LogP contribution in [0.1, 0.15) is 49.6 Å². The van der Waals surface area contributed by atoms with Gasteiger partial charge in [-0.25, -0.2) is 4.98 Å². The maximum Gasteiger partial charge on any atom is 0.303 e. The van der Waals surface area contributed by atoms with Crippen molar-refractivity contribution in [3.05, 3.63) is 26.6 Å². The summed E-state index contributed by atoms with van der Waals surface area (Å²) in [6.07, 6.45) is 2.53. The second kappa shape index (κ2) is 5.26. The number of esters is 1. The molecule has 0 saturated carbocycles. The fourth-order valence-corrected chi connectivity index (χ4v) is 4.25. The highest BCUT2D eigenvalue weighted by Crippen LogP contribution is 2.35. The average molecular weight is 306 g/mol. The molecule has 1 aliphatic rings. The van der Waals surface area contributed by atoms with Crippen molar-refractivity contribution in [1.29, 1.82) is 0 Å². The molecule has 0 aromatic carbocycles. The number of rotatable bonds is 2. The van der Waals surface area contributed by atoms with Gasteiger partial charge in [-0.05, 0) is 37.7 Å². The SMILES string of the molecule is CC(=O)OC(C)c1nc2sc3c(c2c(=O)[nH]1)CCC(C)C3. The fraction of sp³-hybridized carbons (Fsp3) is 0.533. The minimum absolute atomic E-state index is 0.124. The molecular formula is C15H18N2O3S. The van der Waals surface area contributed by atoms with Crippen molar-refractivity contribution in [2.45, 2.75) is 46.1 Å². The van der Waals surface area contributed by atoms with Crippen molar-refractivity contribution < 1.29 is 9.53 Å². The van der Waals surface area contributed by atoms with E-state index >= 15 is 0 Å². The molecule has 2 atom stereocenters. The van der Waals surface area contributed by atoms with E-state index in [9.17, 15) is 9.59 Å². The van der Waals surface area contributed by atoms with E-state index in [2.05, 4.69) is 16.9 Å². The second-order valence-corrected chi connectivity index (χ2v) is 6.82. The van der Waals surface area contributed by atoms with E-state index in [1.54, 1.807) is 18.3 Å². The Morgan fingerprint density at radius 2 is 2.29 bits per heavy atom. The first-order valence-corrected chi connectivity index (χ1v) is 7.99. The van der Waals surface area contributed by atoms with Crippen molar-refractivity contribution in [1.82, 2.24) is 9.97 Å². The molecule has 2 unspecified atom stereocenters. The number of hydrogen-bond acceptors (Lipinski definition) is 5. The Hall–Kier alpha value is -1.69. The van der Waals surface area contributed by atoms with Gasteiger partial charge in [0.15, 0.2) is 11.9 Å². The number of fused-ring (bicyclic) bond motifs is 3. The molecule has 2 aromatic rings. The molecule has 1 aliphatic carbocycles. The molecule has 0 aliphatic heterocycles. The Morgan fingerprint density at radius 1 is 1.52 bits per heavy atom. The molecule has 0 saturated heterocycles. The number of aromatic amines is 1. The quantitative estimate of drug-likeness (QED) is 0.866. The van der Waals surface area contributed by atoms with Crippen molar-refractivity contribution in [3.8, 4) is 0 Å². The first-order chi connectivity index (χ1) is 9.95. The van der Waals surface area contributed by atoms with E-state index in [0.29, 0.717) is 11.7 Å². The molecule has 0 spiro atoms. The number of aryl methyl sites for hydroxylation is 1. The number of nitrogens with one attached hydrogen (secondary N) is 1. The average Bonchev–Trinajstić information content (AvgIpc) is 2.75. The topological polar surface area (TPSA) is 72.0 Å². The van der Waals surface area contributed by atoms with Crippen LogP contribution in [0.4, 0.5) is 0 Å². The van der Waals surface area contributed by atoms with Crippen LogP contribution in [0.2, 0.25) is 0 Å². The number of H-pyrrole nitrogens is 1. The molecule has 1 N–H and O–H groups in total. The van der Waals surface area contributed by atoms with Crippen LogP contribution in [0.15, 0.2) is 4.79 Å². The monoisotopic (exact) mass is 306 g/mol. The van der Waals surface area contributed by atoms with E-state index in [4.69, 9.17) is 4.74 Å². The molecule has 0 radical (unpaired) electrons. The van der Waals surface area contributed by atoms with Gasteiger partial charge in [-0.2, -0.15) is 0 Å². The summed E-state index contributed by atoms with van der Waals surface area (Å²) < 4.78 is 5.09. The summed E-state index contributed by atoms with van der Waals surface area (Å²) in [6.45, 7) is 5.29. The number of ether oxygens (including phenoxy) is 1. The summed E-state index contributed by atoms with van der Waals surface area (Å²) in [5.74, 6) is 0.683. The van der Waals surface area contributed by atoms with Gasteiger partial charge in [0.05, 0.1) is 5.39 Å². The Balaban J connectivity index is 2.09. The molecular weight excluding hydrogens is 288 g/mol. The Kier molecular flexibility index (Phi) is 3.57. The molecule has 2 aromatic heterocycles. The molecule has 5 nitrogen and oxygen atoms in total. The maximum atomic E-state index is 12.4. The van der Waals surface area contributed by atoms with E-state index < -0.39 is 6.10 Å². The normalized spacial score (nSPS) is 19.3. The largest absolute Gasteiger partial charge is 0.455 e. The predicted molar refractivity (Wildman–Crippen MR) is 81.6 cm³/mol. The third kappa shape index (κ3) is 2.60. The summed E-state index contributed by atoms with van der Waals surface area (Å²) in [5, 5.41) is 0.723. The van der Waals surface area contributed by atoms with Crippen LogP contribution in [-0.2, 0) is 22.4 Å². The molecule has 21 heavy (non-hydrogen) atoms. The van der Waals surface area contributed by atoms with Gasteiger partial charge in [0.1, 0.15) is 4.83 Å². The first kappa shape index (κ1) is 14.3.